The third-order valence-corrected chi connectivity index (χ3v) is 4.01. The number of ether oxygens (including phenoxy) is 2. The van der Waals surface area contributed by atoms with Crippen molar-refractivity contribution in [3.8, 4) is 17.6 Å². The zero-order chi connectivity index (χ0) is 18.9. The molecule has 2 aromatic carbocycles. The van der Waals surface area contributed by atoms with Crippen molar-refractivity contribution in [1.82, 2.24) is 0 Å². The summed E-state index contributed by atoms with van der Waals surface area (Å²) >= 11 is 0. The molecule has 0 spiro atoms. The van der Waals surface area contributed by atoms with Crippen LogP contribution in [0.25, 0.3) is 6.08 Å². The maximum absolute atomic E-state index is 12.7. The average molecular weight is 349 g/mol. The van der Waals surface area contributed by atoms with Crippen molar-refractivity contribution >= 4 is 11.9 Å². The zero-order valence-electron chi connectivity index (χ0n) is 15.4. The Morgan fingerprint density at radius 3 is 2.62 bits per heavy atom. The maximum Gasteiger partial charge on any atom is 0.203 e. The molecular formula is C22H23NO3. The molecule has 2 rings (SSSR count). The SMILES string of the molecule is CCCCOc1ccc(/C=C(\C#N)C(=O)c2ccccc2C)cc1OC. The number of unbranched alkanes of at least 4 members (excludes halogenated alkanes) is 1. The molecule has 134 valence electrons. The lowest BCUT2D eigenvalue weighted by Crippen LogP contribution is -2.04. The molecule has 0 N–H and O–H groups in total. The first kappa shape index (κ1) is 19.3. The minimum atomic E-state index is -0.284. The molecule has 0 saturated heterocycles. The largest absolute Gasteiger partial charge is 0.493 e. The van der Waals surface area contributed by atoms with E-state index in [0.717, 1.165) is 18.4 Å². The Bertz CT molecular complexity index is 847. The van der Waals surface area contributed by atoms with Gasteiger partial charge in [0.1, 0.15) is 11.6 Å². The Labute approximate surface area is 154 Å². The van der Waals surface area contributed by atoms with Crippen molar-refractivity contribution in [3.63, 3.8) is 0 Å². The normalized spacial score (nSPS) is 10.9. The van der Waals surface area contributed by atoms with Crippen LogP contribution in [0.1, 0.15) is 41.3 Å². The van der Waals surface area contributed by atoms with Crippen LogP contribution in [0.15, 0.2) is 48.0 Å². The second-order valence-electron chi connectivity index (χ2n) is 5.93. The summed E-state index contributed by atoms with van der Waals surface area (Å²) in [7, 11) is 1.57. The monoisotopic (exact) mass is 349 g/mol. The van der Waals surface area contributed by atoms with Crippen LogP contribution >= 0.6 is 0 Å². The molecule has 0 aliphatic carbocycles. The van der Waals surface area contributed by atoms with Crippen molar-refractivity contribution in [2.24, 2.45) is 0 Å². The predicted molar refractivity (Wildman–Crippen MR) is 102 cm³/mol. The fraction of sp³-hybridized carbons (Fsp3) is 0.273. The second kappa shape index (κ2) is 9.43. The number of nitriles is 1. The summed E-state index contributed by atoms with van der Waals surface area (Å²) in [6.07, 6.45) is 3.59. The number of ketones is 1. The van der Waals surface area contributed by atoms with E-state index >= 15 is 0 Å². The van der Waals surface area contributed by atoms with Crippen LogP contribution < -0.4 is 9.47 Å². The standard InChI is InChI=1S/C22H23NO3/c1-4-5-12-26-20-11-10-17(14-21(20)25-3)13-18(15-23)22(24)19-9-7-6-8-16(19)2/h6-11,13-14H,4-5,12H2,1-3H3/b18-13+. The molecule has 0 aromatic heterocycles. The van der Waals surface area contributed by atoms with Crippen molar-refractivity contribution in [2.45, 2.75) is 26.7 Å². The number of allylic oxidation sites excluding steroid dienone is 1. The van der Waals surface area contributed by atoms with Crippen molar-refractivity contribution < 1.29 is 14.3 Å². The highest BCUT2D eigenvalue weighted by Gasteiger charge is 2.14. The molecule has 0 aliphatic rings. The fourth-order valence-corrected chi connectivity index (χ4v) is 2.51. The lowest BCUT2D eigenvalue weighted by Gasteiger charge is -2.11. The number of carbonyl (C=O) groups excluding carboxylic acids is 1. The van der Waals surface area contributed by atoms with Gasteiger partial charge in [-0.3, -0.25) is 4.79 Å². The van der Waals surface area contributed by atoms with Crippen LogP contribution in [-0.2, 0) is 0 Å². The lowest BCUT2D eigenvalue weighted by molar-refractivity contribution is 0.103. The van der Waals surface area contributed by atoms with Crippen molar-refractivity contribution in [3.05, 3.63) is 64.7 Å². The number of carbonyl (C=O) groups is 1. The van der Waals surface area contributed by atoms with Crippen LogP contribution in [0.2, 0.25) is 0 Å². The molecule has 0 aliphatic heterocycles. The van der Waals surface area contributed by atoms with E-state index in [0.29, 0.717) is 29.2 Å². The second-order valence-corrected chi connectivity index (χ2v) is 5.93. The minimum Gasteiger partial charge on any atom is -0.493 e. The summed E-state index contributed by atoms with van der Waals surface area (Å²) in [5, 5.41) is 9.44. The number of Topliss-reactive ketones (excluding diaryl/α,β-unsaturated/α-hetero) is 1. The maximum atomic E-state index is 12.7. The molecule has 4 heteroatoms. The molecule has 0 unspecified atom stereocenters. The number of hydrogen-bond donors (Lipinski definition) is 0. The molecule has 0 fully saturated rings. The van der Waals surface area contributed by atoms with Gasteiger partial charge in [0.25, 0.3) is 0 Å². The highest BCUT2D eigenvalue weighted by atomic mass is 16.5. The van der Waals surface area contributed by atoms with E-state index in [-0.39, 0.29) is 11.4 Å². The Hall–Kier alpha value is -3.06. The molecular weight excluding hydrogens is 326 g/mol. The number of nitrogens with zero attached hydrogens (tertiary/aromatic N) is 1. The Morgan fingerprint density at radius 1 is 1.19 bits per heavy atom. The molecule has 2 aromatic rings. The molecule has 4 nitrogen and oxygen atoms in total. The minimum absolute atomic E-state index is 0.0843. The van der Waals surface area contributed by atoms with Crippen LogP contribution in [0, 0.1) is 18.3 Å². The summed E-state index contributed by atoms with van der Waals surface area (Å²) in [5.74, 6) is 0.949. The van der Waals surface area contributed by atoms with Gasteiger partial charge in [0.2, 0.25) is 5.78 Å². The number of hydrogen-bond acceptors (Lipinski definition) is 4. The van der Waals surface area contributed by atoms with Gasteiger partial charge in [-0.2, -0.15) is 5.26 Å². The molecule has 0 radical (unpaired) electrons. The molecule has 0 saturated carbocycles. The molecule has 26 heavy (non-hydrogen) atoms. The van der Waals surface area contributed by atoms with Gasteiger partial charge in [0, 0.05) is 5.56 Å². The van der Waals surface area contributed by atoms with Gasteiger partial charge in [-0.05, 0) is 42.7 Å². The number of methoxy groups -OCH3 is 1. The molecule has 0 heterocycles. The van der Waals surface area contributed by atoms with E-state index in [1.807, 2.05) is 31.2 Å². The van der Waals surface area contributed by atoms with Gasteiger partial charge < -0.3 is 9.47 Å². The third kappa shape index (κ3) is 4.73. The van der Waals surface area contributed by atoms with Gasteiger partial charge >= 0.3 is 0 Å². The molecule has 0 amide bonds. The van der Waals surface area contributed by atoms with E-state index in [1.165, 1.54) is 0 Å². The number of aryl methyl sites for hydroxylation is 1. The Balaban J connectivity index is 2.30. The fourth-order valence-electron chi connectivity index (χ4n) is 2.51. The average Bonchev–Trinajstić information content (AvgIpc) is 2.66. The van der Waals surface area contributed by atoms with E-state index in [4.69, 9.17) is 9.47 Å². The van der Waals surface area contributed by atoms with Crippen LogP contribution in [0.3, 0.4) is 0 Å². The van der Waals surface area contributed by atoms with Gasteiger partial charge in [-0.25, -0.2) is 0 Å². The molecule has 0 atom stereocenters. The zero-order valence-corrected chi connectivity index (χ0v) is 15.4. The smallest absolute Gasteiger partial charge is 0.203 e. The van der Waals surface area contributed by atoms with Crippen LogP contribution in [0.4, 0.5) is 0 Å². The van der Waals surface area contributed by atoms with Crippen molar-refractivity contribution in [2.75, 3.05) is 13.7 Å². The summed E-state index contributed by atoms with van der Waals surface area (Å²) in [4.78, 5) is 12.7. The first-order valence-electron chi connectivity index (χ1n) is 8.63. The summed E-state index contributed by atoms with van der Waals surface area (Å²) in [6.45, 7) is 4.58. The Kier molecular flexibility index (Phi) is 6.99. The number of benzene rings is 2. The van der Waals surface area contributed by atoms with Crippen molar-refractivity contribution in [1.29, 1.82) is 5.26 Å². The Morgan fingerprint density at radius 2 is 1.96 bits per heavy atom. The third-order valence-electron chi connectivity index (χ3n) is 4.01. The van der Waals surface area contributed by atoms with Crippen LogP contribution in [-0.4, -0.2) is 19.5 Å². The first-order valence-corrected chi connectivity index (χ1v) is 8.63. The van der Waals surface area contributed by atoms with E-state index in [2.05, 4.69) is 6.92 Å². The van der Waals surface area contributed by atoms with E-state index < -0.39 is 0 Å². The van der Waals surface area contributed by atoms with Gasteiger partial charge in [0.05, 0.1) is 13.7 Å². The van der Waals surface area contributed by atoms with Gasteiger partial charge in [-0.15, -0.1) is 0 Å². The van der Waals surface area contributed by atoms with E-state index in [1.54, 1.807) is 37.5 Å². The molecule has 0 bridgehead atoms. The first-order chi connectivity index (χ1) is 12.6. The highest BCUT2D eigenvalue weighted by molar-refractivity contribution is 6.14. The predicted octanol–water partition coefficient (Wildman–Crippen LogP) is 4.97. The topological polar surface area (TPSA) is 59.3 Å². The highest BCUT2D eigenvalue weighted by Crippen LogP contribution is 2.29. The van der Waals surface area contributed by atoms with E-state index in [9.17, 15) is 10.1 Å². The number of rotatable bonds is 8. The van der Waals surface area contributed by atoms with Crippen LogP contribution in [0.5, 0.6) is 11.5 Å². The quantitative estimate of drug-likeness (QED) is 0.292. The summed E-state index contributed by atoms with van der Waals surface area (Å²) in [6, 6.07) is 14.6. The summed E-state index contributed by atoms with van der Waals surface area (Å²) in [5.41, 5.74) is 2.17. The lowest BCUT2D eigenvalue weighted by atomic mass is 9.98. The van der Waals surface area contributed by atoms with Gasteiger partial charge in [0.15, 0.2) is 11.5 Å². The van der Waals surface area contributed by atoms with Gasteiger partial charge in [-0.1, -0.05) is 43.7 Å². The summed E-state index contributed by atoms with van der Waals surface area (Å²) < 4.78 is 11.1.